The molecule has 15 heavy (non-hydrogen) atoms. The number of hydrogen-bond acceptors (Lipinski definition) is 5. The van der Waals surface area contributed by atoms with Crippen LogP contribution in [0.25, 0.3) is 0 Å². The monoisotopic (exact) mass is 220 g/mol. The van der Waals surface area contributed by atoms with Crippen molar-refractivity contribution in [2.45, 2.75) is 6.54 Å². The number of aliphatic imine (C=N–C) groups is 1. The Morgan fingerprint density at radius 2 is 2.20 bits per heavy atom. The molecule has 0 bridgehead atoms. The molecule has 0 spiro atoms. The molecule has 78 valence electrons. The minimum Gasteiger partial charge on any atom is -0.260 e. The Bertz CT molecular complexity index is 418. The van der Waals surface area contributed by atoms with Crippen LogP contribution in [0, 0.1) is 0 Å². The fraction of sp³-hybridized carbons (Fsp3) is 0.300. The first kappa shape index (κ1) is 9.21. The molecule has 4 nitrogen and oxygen atoms in total. The van der Waals surface area contributed by atoms with Gasteiger partial charge in [0.25, 0.3) is 0 Å². The average Bonchev–Trinajstić information content (AvgIpc) is 2.82. The van der Waals surface area contributed by atoms with Crippen molar-refractivity contribution in [3.05, 3.63) is 29.8 Å². The zero-order chi connectivity index (χ0) is 10.3. The van der Waals surface area contributed by atoms with Crippen molar-refractivity contribution in [1.82, 2.24) is 5.12 Å². The van der Waals surface area contributed by atoms with Crippen molar-refractivity contribution in [2.24, 2.45) is 10.8 Å². The quantitative estimate of drug-likeness (QED) is 0.667. The third-order valence-corrected chi connectivity index (χ3v) is 3.51. The molecule has 0 atom stereocenters. The maximum Gasteiger partial charge on any atom is 0.179 e. The first-order chi connectivity index (χ1) is 7.36. The second-order valence-corrected chi connectivity index (χ2v) is 4.61. The number of fused-ring (bicyclic) bond motifs is 1. The number of thioether (sulfide) groups is 1. The molecule has 2 heterocycles. The van der Waals surface area contributed by atoms with Crippen LogP contribution in [0.4, 0.5) is 5.69 Å². The minimum atomic E-state index is 0.760. The van der Waals surface area contributed by atoms with Crippen molar-refractivity contribution >= 4 is 22.6 Å². The van der Waals surface area contributed by atoms with E-state index in [0.29, 0.717) is 0 Å². The lowest BCUT2D eigenvalue weighted by Crippen LogP contribution is -2.45. The molecule has 3 rings (SSSR count). The Hall–Kier alpha value is -1.04. The maximum absolute atomic E-state index is 5.97. The van der Waals surface area contributed by atoms with E-state index >= 15 is 0 Å². The predicted octanol–water partition coefficient (Wildman–Crippen LogP) is 1.20. The van der Waals surface area contributed by atoms with Crippen molar-refractivity contribution in [3.63, 3.8) is 0 Å². The van der Waals surface area contributed by atoms with Crippen molar-refractivity contribution in [3.8, 4) is 0 Å². The number of amidine groups is 1. The smallest absolute Gasteiger partial charge is 0.179 e. The summed E-state index contributed by atoms with van der Waals surface area (Å²) >= 11 is 1.76. The van der Waals surface area contributed by atoms with Gasteiger partial charge >= 0.3 is 0 Å². The van der Waals surface area contributed by atoms with Crippen LogP contribution in [0.15, 0.2) is 29.3 Å². The number of hydrazine groups is 2. The molecular formula is C10H12N4S. The second-order valence-electron chi connectivity index (χ2n) is 3.55. The van der Waals surface area contributed by atoms with Crippen LogP contribution in [-0.2, 0) is 6.54 Å². The third kappa shape index (κ3) is 1.43. The molecule has 0 saturated carbocycles. The summed E-state index contributed by atoms with van der Waals surface area (Å²) in [7, 11) is 0. The Morgan fingerprint density at radius 3 is 3.00 bits per heavy atom. The third-order valence-electron chi connectivity index (χ3n) is 2.56. The maximum atomic E-state index is 5.97. The fourth-order valence-electron chi connectivity index (χ4n) is 1.90. The summed E-state index contributed by atoms with van der Waals surface area (Å²) in [5, 5.41) is 4.75. The summed E-state index contributed by atoms with van der Waals surface area (Å²) in [6.45, 7) is 1.66. The molecule has 0 aliphatic carbocycles. The first-order valence-corrected chi connectivity index (χ1v) is 5.92. The van der Waals surface area contributed by atoms with Crippen molar-refractivity contribution in [2.75, 3.05) is 17.3 Å². The predicted molar refractivity (Wildman–Crippen MR) is 63.4 cm³/mol. The lowest BCUT2D eigenvalue weighted by molar-refractivity contribution is 0.313. The van der Waals surface area contributed by atoms with E-state index in [-0.39, 0.29) is 0 Å². The van der Waals surface area contributed by atoms with Gasteiger partial charge in [0, 0.05) is 5.75 Å². The van der Waals surface area contributed by atoms with E-state index in [0.717, 1.165) is 29.7 Å². The van der Waals surface area contributed by atoms with Crippen LogP contribution in [-0.4, -0.2) is 22.6 Å². The van der Waals surface area contributed by atoms with E-state index in [1.54, 1.807) is 16.9 Å². The molecule has 0 saturated heterocycles. The number of benzene rings is 1. The van der Waals surface area contributed by atoms with Gasteiger partial charge in [-0.2, -0.15) is 0 Å². The van der Waals surface area contributed by atoms with Gasteiger partial charge in [0.15, 0.2) is 5.17 Å². The summed E-state index contributed by atoms with van der Waals surface area (Å²) < 4.78 is 0. The Kier molecular flexibility index (Phi) is 2.16. The number of hydrogen-bond donors (Lipinski definition) is 1. The van der Waals surface area contributed by atoms with Crippen LogP contribution >= 0.6 is 11.8 Å². The van der Waals surface area contributed by atoms with Crippen LogP contribution in [0.3, 0.4) is 0 Å². The number of nitrogens with zero attached hydrogens (tertiary/aromatic N) is 3. The van der Waals surface area contributed by atoms with Crippen molar-refractivity contribution in [1.29, 1.82) is 0 Å². The zero-order valence-electron chi connectivity index (χ0n) is 8.26. The topological polar surface area (TPSA) is 44.9 Å². The molecule has 1 aromatic carbocycles. The van der Waals surface area contributed by atoms with Crippen LogP contribution < -0.4 is 10.9 Å². The Balaban J connectivity index is 2.02. The molecule has 0 fully saturated rings. The van der Waals surface area contributed by atoms with Gasteiger partial charge in [0.1, 0.15) is 0 Å². The summed E-state index contributed by atoms with van der Waals surface area (Å²) in [5.41, 5.74) is 2.42. The normalized spacial score (nSPS) is 20.6. The highest BCUT2D eigenvalue weighted by atomic mass is 32.2. The lowest BCUT2D eigenvalue weighted by Gasteiger charge is -2.24. The van der Waals surface area contributed by atoms with Crippen LogP contribution in [0.2, 0.25) is 0 Å². The molecule has 0 amide bonds. The molecule has 0 unspecified atom stereocenters. The van der Waals surface area contributed by atoms with E-state index < -0.39 is 0 Å². The van der Waals surface area contributed by atoms with Crippen LogP contribution in [0.1, 0.15) is 5.56 Å². The van der Waals surface area contributed by atoms with Gasteiger partial charge in [-0.25, -0.2) is 10.9 Å². The molecule has 0 radical (unpaired) electrons. The van der Waals surface area contributed by atoms with Gasteiger partial charge in [-0.15, -0.1) is 5.12 Å². The highest BCUT2D eigenvalue weighted by Crippen LogP contribution is 2.32. The molecule has 2 aliphatic heterocycles. The molecule has 2 N–H and O–H groups in total. The average molecular weight is 220 g/mol. The summed E-state index contributed by atoms with van der Waals surface area (Å²) in [6.07, 6.45) is 0. The van der Waals surface area contributed by atoms with Gasteiger partial charge in [0.05, 0.1) is 18.8 Å². The van der Waals surface area contributed by atoms with E-state index in [2.05, 4.69) is 17.1 Å². The first-order valence-electron chi connectivity index (χ1n) is 4.94. The van der Waals surface area contributed by atoms with E-state index in [9.17, 15) is 0 Å². The Morgan fingerprint density at radius 1 is 1.33 bits per heavy atom. The SMILES string of the molecule is NN1Cc2ccccc2N1C1=NCCS1. The minimum absolute atomic E-state index is 0.760. The standard InChI is InChI=1S/C10H12N4S/c11-13-7-8-3-1-2-4-9(8)14(13)10-12-5-6-15-10/h1-4H,5-7,11H2. The summed E-state index contributed by atoms with van der Waals surface area (Å²) in [4.78, 5) is 4.45. The molecule has 5 heteroatoms. The second kappa shape index (κ2) is 3.52. The molecular weight excluding hydrogens is 208 g/mol. The summed E-state index contributed by atoms with van der Waals surface area (Å²) in [5.74, 6) is 7.03. The molecule has 0 aromatic heterocycles. The Labute approximate surface area is 92.7 Å². The van der Waals surface area contributed by atoms with Crippen molar-refractivity contribution < 1.29 is 0 Å². The van der Waals surface area contributed by atoms with Gasteiger partial charge in [0.2, 0.25) is 0 Å². The van der Waals surface area contributed by atoms with Crippen LogP contribution in [0.5, 0.6) is 0 Å². The van der Waals surface area contributed by atoms with Gasteiger partial charge in [-0.3, -0.25) is 4.99 Å². The van der Waals surface area contributed by atoms with E-state index in [1.807, 2.05) is 17.1 Å². The van der Waals surface area contributed by atoms with E-state index in [1.165, 1.54) is 5.56 Å². The number of rotatable bonds is 0. The lowest BCUT2D eigenvalue weighted by atomic mass is 10.2. The molecule has 1 aromatic rings. The highest BCUT2D eigenvalue weighted by molar-refractivity contribution is 8.14. The summed E-state index contributed by atoms with van der Waals surface area (Å²) in [6, 6.07) is 8.27. The van der Waals surface area contributed by atoms with Gasteiger partial charge in [-0.1, -0.05) is 30.0 Å². The number of para-hydroxylation sites is 1. The highest BCUT2D eigenvalue weighted by Gasteiger charge is 2.29. The van der Waals surface area contributed by atoms with Gasteiger partial charge < -0.3 is 0 Å². The fourth-order valence-corrected chi connectivity index (χ4v) is 2.77. The van der Waals surface area contributed by atoms with Gasteiger partial charge in [-0.05, 0) is 11.6 Å². The number of nitrogens with two attached hydrogens (primary N) is 1. The zero-order valence-corrected chi connectivity index (χ0v) is 9.07. The molecule has 2 aliphatic rings. The van der Waals surface area contributed by atoms with E-state index in [4.69, 9.17) is 5.84 Å². The number of anilines is 1. The largest absolute Gasteiger partial charge is 0.260 e.